The molecule has 176 valence electrons. The number of amides is 2. The molecule has 1 saturated heterocycles. The van der Waals surface area contributed by atoms with Crippen LogP contribution in [0, 0.1) is 11.8 Å². The number of fused-ring (bicyclic) bond motifs is 1. The summed E-state index contributed by atoms with van der Waals surface area (Å²) in [5.74, 6) is -0.298. The molecule has 10 heteroatoms. The zero-order chi connectivity index (χ0) is 23.8. The first-order valence-corrected chi connectivity index (χ1v) is 12.5. The maximum atomic E-state index is 13.2. The largest absolute Gasteiger partial charge is 0.495 e. The Balaban J connectivity index is 1.61. The molecule has 1 saturated carbocycles. The second-order valence-corrected chi connectivity index (χ2v) is 10.3. The number of likely N-dealkylation sites (tertiary alicyclic amines) is 1. The minimum absolute atomic E-state index is 0.0194. The van der Waals surface area contributed by atoms with E-state index >= 15 is 0 Å². The first-order chi connectivity index (χ1) is 15.7. The molecular formula is C23H25ClN2O6S. The normalized spacial score (nSPS) is 20.5. The number of anilines is 1. The van der Waals surface area contributed by atoms with Crippen LogP contribution in [0.25, 0.3) is 0 Å². The summed E-state index contributed by atoms with van der Waals surface area (Å²) in [6, 6.07) is 9.12. The number of rotatable bonds is 7. The summed E-state index contributed by atoms with van der Waals surface area (Å²) in [4.78, 5) is 26.8. The molecule has 2 amide bonds. The van der Waals surface area contributed by atoms with Gasteiger partial charge in [-0.2, -0.15) is 0 Å². The number of ether oxygens (including phenoxy) is 2. The molecular weight excluding hydrogens is 468 g/mol. The first-order valence-electron chi connectivity index (χ1n) is 10.6. The third-order valence-electron chi connectivity index (χ3n) is 6.19. The van der Waals surface area contributed by atoms with E-state index in [1.807, 2.05) is 0 Å². The monoisotopic (exact) mass is 492 g/mol. The molecule has 2 aromatic rings. The number of benzene rings is 2. The van der Waals surface area contributed by atoms with E-state index in [9.17, 15) is 18.0 Å². The Bertz CT molecular complexity index is 1180. The number of hydrogen-bond acceptors (Lipinski definition) is 6. The highest BCUT2D eigenvalue weighted by Crippen LogP contribution is 2.39. The zero-order valence-electron chi connectivity index (χ0n) is 18.3. The molecule has 2 aliphatic rings. The molecule has 4 rings (SSSR count). The van der Waals surface area contributed by atoms with Gasteiger partial charge in [0.05, 0.1) is 43.3 Å². The Labute approximate surface area is 197 Å². The zero-order valence-corrected chi connectivity index (χ0v) is 19.9. The number of carbonyl (C=O) groups excluding carboxylic acids is 2. The van der Waals surface area contributed by atoms with Crippen molar-refractivity contribution in [3.63, 3.8) is 0 Å². The molecule has 33 heavy (non-hydrogen) atoms. The molecule has 0 unspecified atom stereocenters. The summed E-state index contributed by atoms with van der Waals surface area (Å²) in [5.41, 5.74) is 0.770. The molecule has 2 aromatic carbocycles. The number of imide groups is 1. The van der Waals surface area contributed by atoms with Gasteiger partial charge in [-0.3, -0.25) is 19.2 Å². The van der Waals surface area contributed by atoms with Gasteiger partial charge in [-0.15, -0.1) is 0 Å². The van der Waals surface area contributed by atoms with Crippen molar-refractivity contribution >= 4 is 39.1 Å². The average molecular weight is 493 g/mol. The van der Waals surface area contributed by atoms with Crippen LogP contribution in [0.5, 0.6) is 11.5 Å². The lowest BCUT2D eigenvalue weighted by molar-refractivity contribution is -0.140. The highest BCUT2D eigenvalue weighted by molar-refractivity contribution is 7.92. The van der Waals surface area contributed by atoms with E-state index < -0.39 is 10.0 Å². The Morgan fingerprint density at radius 2 is 1.58 bits per heavy atom. The van der Waals surface area contributed by atoms with E-state index in [1.54, 1.807) is 12.1 Å². The Morgan fingerprint density at radius 1 is 0.970 bits per heavy atom. The van der Waals surface area contributed by atoms with Crippen molar-refractivity contribution in [2.45, 2.75) is 37.1 Å². The lowest BCUT2D eigenvalue weighted by Crippen LogP contribution is -2.30. The smallest absolute Gasteiger partial charge is 0.265 e. The predicted molar refractivity (Wildman–Crippen MR) is 123 cm³/mol. The molecule has 1 aliphatic carbocycles. The highest BCUT2D eigenvalue weighted by atomic mass is 35.5. The predicted octanol–water partition coefficient (Wildman–Crippen LogP) is 3.83. The van der Waals surface area contributed by atoms with Crippen LogP contribution < -0.4 is 14.2 Å². The Hall–Kier alpha value is -2.78. The van der Waals surface area contributed by atoms with Crippen LogP contribution in [0.3, 0.4) is 0 Å². The minimum Gasteiger partial charge on any atom is -0.495 e. The van der Waals surface area contributed by atoms with E-state index in [-0.39, 0.29) is 51.5 Å². The first kappa shape index (κ1) is 23.4. The molecule has 2 atom stereocenters. The summed E-state index contributed by atoms with van der Waals surface area (Å²) in [5, 5.41) is 0.256. The van der Waals surface area contributed by atoms with Crippen molar-refractivity contribution in [1.82, 2.24) is 4.90 Å². The van der Waals surface area contributed by atoms with Crippen LogP contribution in [-0.2, 0) is 26.2 Å². The fourth-order valence-electron chi connectivity index (χ4n) is 4.54. The Kier molecular flexibility index (Phi) is 6.54. The molecule has 0 aromatic heterocycles. The number of hydrogen-bond donors (Lipinski definition) is 1. The fraction of sp³-hybridized carbons (Fsp3) is 0.391. The highest BCUT2D eigenvalue weighted by Gasteiger charge is 2.47. The Morgan fingerprint density at radius 3 is 2.15 bits per heavy atom. The van der Waals surface area contributed by atoms with Crippen molar-refractivity contribution < 1.29 is 27.5 Å². The maximum Gasteiger partial charge on any atom is 0.265 e. The van der Waals surface area contributed by atoms with Gasteiger partial charge in [0.25, 0.3) is 10.0 Å². The molecule has 0 spiro atoms. The van der Waals surface area contributed by atoms with Gasteiger partial charge < -0.3 is 9.47 Å². The molecule has 2 fully saturated rings. The lowest BCUT2D eigenvalue weighted by Gasteiger charge is -2.19. The number of nitrogens with zero attached hydrogens (tertiary/aromatic N) is 1. The van der Waals surface area contributed by atoms with Crippen LogP contribution in [0.1, 0.15) is 31.2 Å². The van der Waals surface area contributed by atoms with Gasteiger partial charge in [0.2, 0.25) is 11.8 Å². The topological polar surface area (TPSA) is 102 Å². The third-order valence-corrected chi connectivity index (χ3v) is 7.89. The second kappa shape index (κ2) is 9.23. The van der Waals surface area contributed by atoms with Gasteiger partial charge in [0, 0.05) is 0 Å². The van der Waals surface area contributed by atoms with Crippen LogP contribution >= 0.6 is 11.6 Å². The number of sulfonamides is 1. The standard InChI is InChI=1S/C23H25ClN2O6S/c1-31-19-10-8-15(12-18(19)24)25-33(29,30)21-11-14(7-9-20(21)32-2)13-26-22(27)16-5-3-4-6-17(16)23(26)28/h7-12,16-17,25H,3-6,13H2,1-2H3/t16-,17-/m0/s1. The quantitative estimate of drug-likeness (QED) is 0.589. The molecule has 8 nitrogen and oxygen atoms in total. The maximum absolute atomic E-state index is 13.2. The van der Waals surface area contributed by atoms with Gasteiger partial charge in [0.1, 0.15) is 16.4 Å². The van der Waals surface area contributed by atoms with Crippen molar-refractivity contribution in [3.8, 4) is 11.5 Å². The van der Waals surface area contributed by atoms with Crippen molar-refractivity contribution in [1.29, 1.82) is 0 Å². The van der Waals surface area contributed by atoms with E-state index in [1.165, 1.54) is 43.4 Å². The van der Waals surface area contributed by atoms with Gasteiger partial charge >= 0.3 is 0 Å². The van der Waals surface area contributed by atoms with Gasteiger partial charge in [-0.25, -0.2) is 8.42 Å². The average Bonchev–Trinajstić information content (AvgIpc) is 3.04. The van der Waals surface area contributed by atoms with Crippen molar-refractivity contribution in [2.24, 2.45) is 11.8 Å². The van der Waals surface area contributed by atoms with Gasteiger partial charge in [-0.1, -0.05) is 30.5 Å². The summed E-state index contributed by atoms with van der Waals surface area (Å²) in [6.45, 7) is 0.0194. The van der Waals surface area contributed by atoms with E-state index in [4.69, 9.17) is 21.1 Å². The summed E-state index contributed by atoms with van der Waals surface area (Å²) < 4.78 is 39.2. The summed E-state index contributed by atoms with van der Waals surface area (Å²) >= 11 is 6.11. The minimum atomic E-state index is -4.06. The van der Waals surface area contributed by atoms with Crippen molar-refractivity contribution in [2.75, 3.05) is 18.9 Å². The van der Waals surface area contributed by atoms with E-state index in [0.29, 0.717) is 11.3 Å². The van der Waals surface area contributed by atoms with E-state index in [2.05, 4.69) is 4.72 Å². The molecule has 0 radical (unpaired) electrons. The van der Waals surface area contributed by atoms with Crippen molar-refractivity contribution in [3.05, 3.63) is 47.0 Å². The molecule has 1 N–H and O–H groups in total. The molecule has 0 bridgehead atoms. The SMILES string of the molecule is COc1ccc(NS(=O)(=O)c2cc(CN3C(=O)[C@H]4CCCC[C@@H]4C3=O)ccc2OC)cc1Cl. The fourth-order valence-corrected chi connectivity index (χ4v) is 6.07. The van der Waals surface area contributed by atoms with E-state index in [0.717, 1.165) is 25.7 Å². The van der Waals surface area contributed by atoms with Gasteiger partial charge in [-0.05, 0) is 48.7 Å². The molecule has 1 heterocycles. The number of carbonyl (C=O) groups is 2. The van der Waals surface area contributed by atoms with Crippen LogP contribution in [0.4, 0.5) is 5.69 Å². The number of methoxy groups -OCH3 is 2. The number of nitrogens with one attached hydrogen (secondary N) is 1. The van der Waals surface area contributed by atoms with Crippen LogP contribution in [0.2, 0.25) is 5.02 Å². The molecule has 1 aliphatic heterocycles. The second-order valence-electron chi connectivity index (χ2n) is 8.20. The summed E-state index contributed by atoms with van der Waals surface area (Å²) in [6.07, 6.45) is 3.34. The summed E-state index contributed by atoms with van der Waals surface area (Å²) in [7, 11) is -1.22. The lowest BCUT2D eigenvalue weighted by atomic mass is 9.81. The van der Waals surface area contributed by atoms with Crippen LogP contribution in [-0.4, -0.2) is 39.4 Å². The van der Waals surface area contributed by atoms with Crippen LogP contribution in [0.15, 0.2) is 41.3 Å². The number of halogens is 1. The van der Waals surface area contributed by atoms with Gasteiger partial charge in [0.15, 0.2) is 0 Å². The third kappa shape index (κ3) is 4.52.